The molecular formula is C59H38BN5O. The van der Waals surface area contributed by atoms with Gasteiger partial charge in [-0.1, -0.05) is 170 Å². The fourth-order valence-electron chi connectivity index (χ4n) is 9.99. The lowest BCUT2D eigenvalue weighted by molar-refractivity contribution is 0.607. The molecule has 308 valence electrons. The molecule has 0 radical (unpaired) electrons. The SMILES string of the molecule is c1ccc(-c2ccc(N3c4ccc(-c5ccccc5)cc4B4c5cc(-c6ccccc6)ccc5N(c5ccc(-c6ccccc6)cc5)c5cc(-c6nc7cncnc7o6)cc3c54)cc2)cc1. The molecule has 6 nitrogen and oxygen atoms in total. The van der Waals surface area contributed by atoms with Gasteiger partial charge in [-0.2, -0.15) is 4.98 Å². The van der Waals surface area contributed by atoms with E-state index in [-0.39, 0.29) is 6.71 Å². The maximum atomic E-state index is 6.47. The normalized spacial score (nSPS) is 12.5. The van der Waals surface area contributed by atoms with Crippen LogP contribution in [-0.2, 0) is 0 Å². The summed E-state index contributed by atoms with van der Waals surface area (Å²) in [5.41, 5.74) is 21.3. The number of fused-ring (bicyclic) bond motifs is 5. The fraction of sp³-hybridized carbons (Fsp3) is 0. The van der Waals surface area contributed by atoms with Gasteiger partial charge in [-0.3, -0.25) is 0 Å². The molecule has 0 atom stereocenters. The van der Waals surface area contributed by atoms with Gasteiger partial charge in [-0.25, -0.2) is 9.97 Å². The maximum Gasteiger partial charge on any atom is 0.252 e. The van der Waals surface area contributed by atoms with Crippen LogP contribution in [0.15, 0.2) is 235 Å². The monoisotopic (exact) mass is 843 g/mol. The van der Waals surface area contributed by atoms with E-state index in [0.717, 1.165) is 50.8 Å². The van der Waals surface area contributed by atoms with Gasteiger partial charge in [0.25, 0.3) is 6.71 Å². The topological polar surface area (TPSA) is 58.3 Å². The van der Waals surface area contributed by atoms with E-state index in [4.69, 9.17) is 9.40 Å². The number of aromatic nitrogens is 3. The van der Waals surface area contributed by atoms with Crippen molar-refractivity contribution in [3.63, 3.8) is 0 Å². The minimum absolute atomic E-state index is 0.129. The van der Waals surface area contributed by atoms with Crippen LogP contribution in [0.3, 0.4) is 0 Å². The third kappa shape index (κ3) is 6.32. The third-order valence-corrected chi connectivity index (χ3v) is 13.1. The fourth-order valence-corrected chi connectivity index (χ4v) is 9.99. The Labute approximate surface area is 382 Å². The molecule has 4 heterocycles. The number of rotatable bonds is 7. The molecule has 0 amide bonds. The summed E-state index contributed by atoms with van der Waals surface area (Å²) in [6.07, 6.45) is 3.21. The lowest BCUT2D eigenvalue weighted by atomic mass is 9.33. The second-order valence-electron chi connectivity index (χ2n) is 16.9. The Morgan fingerprint density at radius 1 is 0.379 bits per heavy atom. The summed E-state index contributed by atoms with van der Waals surface area (Å²) in [4.78, 5) is 18.5. The van der Waals surface area contributed by atoms with Crippen LogP contribution in [0.25, 0.3) is 67.2 Å². The second kappa shape index (κ2) is 15.5. The van der Waals surface area contributed by atoms with Crippen molar-refractivity contribution >= 4 is 68.5 Å². The van der Waals surface area contributed by atoms with Crippen molar-refractivity contribution in [3.05, 3.63) is 231 Å². The molecule has 2 aromatic heterocycles. The molecule has 11 aromatic rings. The Kier molecular flexibility index (Phi) is 8.84. The second-order valence-corrected chi connectivity index (χ2v) is 16.9. The van der Waals surface area contributed by atoms with Gasteiger partial charge in [0, 0.05) is 39.7 Å². The number of hydrogen-bond donors (Lipinski definition) is 0. The van der Waals surface area contributed by atoms with Gasteiger partial charge in [0.05, 0.1) is 6.20 Å². The molecule has 0 saturated heterocycles. The van der Waals surface area contributed by atoms with E-state index in [1.807, 2.05) is 0 Å². The van der Waals surface area contributed by atoms with Crippen molar-refractivity contribution in [3.8, 4) is 56.0 Å². The van der Waals surface area contributed by atoms with Gasteiger partial charge in [0.15, 0.2) is 0 Å². The molecule has 0 aliphatic carbocycles. The van der Waals surface area contributed by atoms with Crippen molar-refractivity contribution < 1.29 is 4.42 Å². The zero-order chi connectivity index (χ0) is 43.6. The lowest BCUT2D eigenvalue weighted by Gasteiger charge is -2.44. The summed E-state index contributed by atoms with van der Waals surface area (Å²) in [5, 5.41) is 0. The first-order valence-electron chi connectivity index (χ1n) is 22.3. The summed E-state index contributed by atoms with van der Waals surface area (Å²) in [6, 6.07) is 78.9. The standard InChI is InChI=1S/C59H38BN5O/c1-5-13-39(14-6-1)43-21-27-48(28-22-43)64-53-31-25-45(41-17-9-3-10-18-41)33-50(53)60-51-34-46(42-19-11-4-12-20-42)26-32-54(51)65(49-29-23-44(24-30-49)40-15-7-2-8-16-40)56-36-47(35-55(64)57(56)60)58-63-52-37-61-38-62-59(52)66-58/h1-38H. The van der Waals surface area contributed by atoms with Crippen molar-refractivity contribution in [1.29, 1.82) is 0 Å². The highest BCUT2D eigenvalue weighted by molar-refractivity contribution is 7.00. The van der Waals surface area contributed by atoms with Gasteiger partial charge in [0.1, 0.15) is 11.8 Å². The number of oxazole rings is 1. The first kappa shape index (κ1) is 37.7. The van der Waals surface area contributed by atoms with Gasteiger partial charge in [-0.15, -0.1) is 0 Å². The molecule has 7 heteroatoms. The quantitative estimate of drug-likeness (QED) is 0.149. The Bertz CT molecular complexity index is 3350. The Hall–Kier alpha value is -8.81. The van der Waals surface area contributed by atoms with E-state index >= 15 is 0 Å². The van der Waals surface area contributed by atoms with Crippen LogP contribution in [0, 0.1) is 0 Å². The minimum Gasteiger partial charge on any atom is -0.418 e. The number of nitrogens with zero attached hydrogens (tertiary/aromatic N) is 5. The summed E-state index contributed by atoms with van der Waals surface area (Å²) < 4.78 is 6.47. The minimum atomic E-state index is -0.129. The summed E-state index contributed by atoms with van der Waals surface area (Å²) in [7, 11) is 0. The van der Waals surface area contributed by atoms with Gasteiger partial charge in [-0.05, 0) is 109 Å². The molecule has 0 spiro atoms. The maximum absolute atomic E-state index is 6.47. The summed E-state index contributed by atoms with van der Waals surface area (Å²) in [5.74, 6) is 0.482. The largest absolute Gasteiger partial charge is 0.418 e. The predicted molar refractivity (Wildman–Crippen MR) is 271 cm³/mol. The molecule has 0 fully saturated rings. The van der Waals surface area contributed by atoms with Gasteiger partial charge >= 0.3 is 0 Å². The lowest BCUT2D eigenvalue weighted by Crippen LogP contribution is -2.61. The van der Waals surface area contributed by atoms with E-state index in [1.54, 1.807) is 6.20 Å². The van der Waals surface area contributed by atoms with Crippen LogP contribution >= 0.6 is 0 Å². The third-order valence-electron chi connectivity index (χ3n) is 13.1. The van der Waals surface area contributed by atoms with Gasteiger partial charge in [0.2, 0.25) is 11.6 Å². The van der Waals surface area contributed by atoms with E-state index in [0.29, 0.717) is 17.1 Å². The summed E-state index contributed by atoms with van der Waals surface area (Å²) in [6.45, 7) is -0.129. The first-order chi connectivity index (χ1) is 32.7. The zero-order valence-corrected chi connectivity index (χ0v) is 35.7. The van der Waals surface area contributed by atoms with Crippen LogP contribution < -0.4 is 26.2 Å². The molecule has 66 heavy (non-hydrogen) atoms. The smallest absolute Gasteiger partial charge is 0.252 e. The predicted octanol–water partition coefficient (Wildman–Crippen LogP) is 13.0. The van der Waals surface area contributed by atoms with Crippen molar-refractivity contribution in [2.45, 2.75) is 0 Å². The van der Waals surface area contributed by atoms with Crippen LogP contribution in [0.2, 0.25) is 0 Å². The molecule has 2 aliphatic heterocycles. The molecule has 9 aromatic carbocycles. The van der Waals surface area contributed by atoms with E-state index < -0.39 is 0 Å². The van der Waals surface area contributed by atoms with Crippen molar-refractivity contribution in [2.75, 3.05) is 9.80 Å². The van der Waals surface area contributed by atoms with E-state index in [2.05, 4.69) is 238 Å². The van der Waals surface area contributed by atoms with Crippen LogP contribution in [0.1, 0.15) is 0 Å². The molecule has 13 rings (SSSR count). The van der Waals surface area contributed by atoms with Crippen molar-refractivity contribution in [1.82, 2.24) is 15.0 Å². The molecule has 0 saturated carbocycles. The van der Waals surface area contributed by atoms with E-state index in [1.165, 1.54) is 56.1 Å². The Morgan fingerprint density at radius 3 is 1.23 bits per heavy atom. The highest BCUT2D eigenvalue weighted by Crippen LogP contribution is 2.47. The first-order valence-corrected chi connectivity index (χ1v) is 22.3. The molecule has 0 unspecified atom stereocenters. The molecule has 2 aliphatic rings. The average molecular weight is 844 g/mol. The van der Waals surface area contributed by atoms with Crippen molar-refractivity contribution in [2.24, 2.45) is 0 Å². The van der Waals surface area contributed by atoms with Gasteiger partial charge < -0.3 is 14.2 Å². The number of benzene rings is 9. The zero-order valence-electron chi connectivity index (χ0n) is 35.7. The highest BCUT2D eigenvalue weighted by atomic mass is 16.4. The van der Waals surface area contributed by atoms with E-state index in [9.17, 15) is 0 Å². The Balaban J connectivity index is 1.11. The molecular weight excluding hydrogens is 805 g/mol. The van der Waals surface area contributed by atoms with Crippen LogP contribution in [-0.4, -0.2) is 21.7 Å². The molecule has 0 bridgehead atoms. The number of hydrogen-bond acceptors (Lipinski definition) is 6. The Morgan fingerprint density at radius 2 is 0.788 bits per heavy atom. The van der Waals surface area contributed by atoms with Crippen LogP contribution in [0.5, 0.6) is 0 Å². The summed E-state index contributed by atoms with van der Waals surface area (Å²) >= 11 is 0. The number of anilines is 6. The highest BCUT2D eigenvalue weighted by Gasteiger charge is 2.44. The molecule has 0 N–H and O–H groups in total. The average Bonchev–Trinajstić information content (AvgIpc) is 3.84. The van der Waals surface area contributed by atoms with Crippen LogP contribution in [0.4, 0.5) is 34.1 Å².